The van der Waals surface area contributed by atoms with Crippen molar-refractivity contribution >= 4 is 11.7 Å². The number of amides is 1. The SMILES string of the molecule is O=C(c1noc2c1CCCC2)N1CCC(Nc2ccncn2)CC1. The number of carbonyl (C=O) groups excluding carboxylic acids is 1. The lowest BCUT2D eigenvalue weighted by molar-refractivity contribution is 0.0707. The van der Waals surface area contributed by atoms with E-state index in [0.717, 1.165) is 68.8 Å². The zero-order valence-corrected chi connectivity index (χ0v) is 13.6. The van der Waals surface area contributed by atoms with Crippen LogP contribution in [0.3, 0.4) is 0 Å². The topological polar surface area (TPSA) is 84.2 Å². The maximum Gasteiger partial charge on any atom is 0.276 e. The Kier molecular flexibility index (Phi) is 4.15. The van der Waals surface area contributed by atoms with Gasteiger partial charge in [0, 0.05) is 37.3 Å². The fourth-order valence-corrected chi connectivity index (χ4v) is 3.51. The van der Waals surface area contributed by atoms with Gasteiger partial charge in [-0.25, -0.2) is 9.97 Å². The molecule has 1 fully saturated rings. The number of carbonyl (C=O) groups is 1. The molecule has 0 saturated carbocycles. The molecular formula is C17H21N5O2. The normalized spacial score (nSPS) is 18.2. The van der Waals surface area contributed by atoms with Crippen LogP contribution in [0.2, 0.25) is 0 Å². The van der Waals surface area contributed by atoms with Gasteiger partial charge in [-0.05, 0) is 38.2 Å². The van der Waals surface area contributed by atoms with Crippen molar-refractivity contribution in [3.63, 3.8) is 0 Å². The van der Waals surface area contributed by atoms with Crippen molar-refractivity contribution in [2.45, 2.75) is 44.6 Å². The van der Waals surface area contributed by atoms with Crippen LogP contribution in [-0.4, -0.2) is 45.1 Å². The van der Waals surface area contributed by atoms with Crippen molar-refractivity contribution in [1.82, 2.24) is 20.0 Å². The molecule has 2 aromatic rings. The molecule has 0 bridgehead atoms. The number of piperidine rings is 1. The Hall–Kier alpha value is -2.44. The predicted octanol–water partition coefficient (Wildman–Crippen LogP) is 2.06. The van der Waals surface area contributed by atoms with Gasteiger partial charge in [0.05, 0.1) is 0 Å². The Morgan fingerprint density at radius 2 is 2.08 bits per heavy atom. The standard InChI is InChI=1S/C17H21N5O2/c23-17(16-13-3-1-2-4-14(13)24-21-16)22-9-6-12(7-10-22)20-15-5-8-18-11-19-15/h5,8,11-12H,1-4,6-7,9-10H2,(H,18,19,20). The van der Waals surface area contributed by atoms with Crippen molar-refractivity contribution in [2.75, 3.05) is 18.4 Å². The summed E-state index contributed by atoms with van der Waals surface area (Å²) in [7, 11) is 0. The molecule has 1 aliphatic heterocycles. The predicted molar refractivity (Wildman–Crippen MR) is 87.7 cm³/mol. The lowest BCUT2D eigenvalue weighted by Gasteiger charge is -2.32. The van der Waals surface area contributed by atoms with E-state index in [9.17, 15) is 4.79 Å². The van der Waals surface area contributed by atoms with Crippen molar-refractivity contribution in [3.8, 4) is 0 Å². The molecule has 1 N–H and O–H groups in total. The summed E-state index contributed by atoms with van der Waals surface area (Å²) in [6.07, 6.45) is 9.10. The van der Waals surface area contributed by atoms with Crippen LogP contribution in [0.4, 0.5) is 5.82 Å². The third-order valence-corrected chi connectivity index (χ3v) is 4.87. The summed E-state index contributed by atoms with van der Waals surface area (Å²) >= 11 is 0. The van der Waals surface area contributed by atoms with E-state index in [1.165, 1.54) is 6.33 Å². The third kappa shape index (κ3) is 2.98. The molecule has 0 spiro atoms. The molecule has 2 aliphatic rings. The number of anilines is 1. The van der Waals surface area contributed by atoms with Gasteiger partial charge in [-0.1, -0.05) is 5.16 Å². The second-order valence-corrected chi connectivity index (χ2v) is 6.45. The van der Waals surface area contributed by atoms with Gasteiger partial charge < -0.3 is 14.7 Å². The molecule has 1 aliphatic carbocycles. The van der Waals surface area contributed by atoms with Crippen molar-refractivity contribution in [1.29, 1.82) is 0 Å². The van der Waals surface area contributed by atoms with Crippen molar-refractivity contribution in [2.24, 2.45) is 0 Å². The fourth-order valence-electron chi connectivity index (χ4n) is 3.51. The number of aromatic nitrogens is 3. The summed E-state index contributed by atoms with van der Waals surface area (Å²) in [4.78, 5) is 22.8. The average Bonchev–Trinajstić information content (AvgIpc) is 3.07. The van der Waals surface area contributed by atoms with Crippen LogP contribution in [-0.2, 0) is 12.8 Å². The first-order valence-electron chi connectivity index (χ1n) is 8.60. The van der Waals surface area contributed by atoms with Gasteiger partial charge in [0.2, 0.25) is 0 Å². The molecule has 2 aromatic heterocycles. The quantitative estimate of drug-likeness (QED) is 0.929. The van der Waals surface area contributed by atoms with E-state index in [-0.39, 0.29) is 5.91 Å². The van der Waals surface area contributed by atoms with Crippen LogP contribution in [0.25, 0.3) is 0 Å². The molecule has 24 heavy (non-hydrogen) atoms. The zero-order valence-electron chi connectivity index (χ0n) is 13.6. The summed E-state index contributed by atoms with van der Waals surface area (Å²) in [5.41, 5.74) is 1.57. The minimum atomic E-state index is 0.0161. The van der Waals surface area contributed by atoms with Crippen LogP contribution in [0.5, 0.6) is 0 Å². The second-order valence-electron chi connectivity index (χ2n) is 6.45. The minimum Gasteiger partial charge on any atom is -0.367 e. The van der Waals surface area contributed by atoms with E-state index in [2.05, 4.69) is 20.4 Å². The number of hydrogen-bond acceptors (Lipinski definition) is 6. The van der Waals surface area contributed by atoms with Crippen LogP contribution < -0.4 is 5.32 Å². The number of nitrogens with zero attached hydrogens (tertiary/aromatic N) is 4. The minimum absolute atomic E-state index is 0.0161. The lowest BCUT2D eigenvalue weighted by atomic mass is 9.95. The monoisotopic (exact) mass is 327 g/mol. The van der Waals surface area contributed by atoms with Gasteiger partial charge in [-0.2, -0.15) is 0 Å². The maximum atomic E-state index is 12.8. The summed E-state index contributed by atoms with van der Waals surface area (Å²) in [6.45, 7) is 1.45. The third-order valence-electron chi connectivity index (χ3n) is 4.87. The zero-order chi connectivity index (χ0) is 16.4. The van der Waals surface area contributed by atoms with E-state index < -0.39 is 0 Å². The molecule has 1 amide bonds. The molecule has 1 saturated heterocycles. The fraction of sp³-hybridized carbons (Fsp3) is 0.529. The van der Waals surface area contributed by atoms with E-state index >= 15 is 0 Å². The first-order chi connectivity index (χ1) is 11.8. The molecule has 0 atom stereocenters. The van der Waals surface area contributed by atoms with Gasteiger partial charge in [-0.3, -0.25) is 4.79 Å². The highest BCUT2D eigenvalue weighted by Gasteiger charge is 2.29. The highest BCUT2D eigenvalue weighted by molar-refractivity contribution is 5.94. The van der Waals surface area contributed by atoms with Crippen molar-refractivity contribution < 1.29 is 9.32 Å². The molecule has 0 aromatic carbocycles. The first-order valence-corrected chi connectivity index (χ1v) is 8.60. The smallest absolute Gasteiger partial charge is 0.276 e. The van der Waals surface area contributed by atoms with Gasteiger partial charge in [0.15, 0.2) is 5.69 Å². The summed E-state index contributed by atoms with van der Waals surface area (Å²) in [5, 5.41) is 7.46. The summed E-state index contributed by atoms with van der Waals surface area (Å²) in [6, 6.07) is 2.19. The first kappa shape index (κ1) is 15.1. The lowest BCUT2D eigenvalue weighted by Crippen LogP contribution is -2.42. The van der Waals surface area contributed by atoms with Crippen molar-refractivity contribution in [3.05, 3.63) is 35.6 Å². The number of rotatable bonds is 3. The Bertz CT molecular complexity index is 707. The summed E-state index contributed by atoms with van der Waals surface area (Å²) < 4.78 is 5.38. The average molecular weight is 327 g/mol. The highest BCUT2D eigenvalue weighted by Crippen LogP contribution is 2.26. The highest BCUT2D eigenvalue weighted by atomic mass is 16.5. The number of fused-ring (bicyclic) bond motifs is 1. The molecule has 3 heterocycles. The van der Waals surface area contributed by atoms with E-state index in [1.807, 2.05) is 11.0 Å². The second kappa shape index (κ2) is 6.59. The Morgan fingerprint density at radius 3 is 2.88 bits per heavy atom. The van der Waals surface area contributed by atoms with Crippen LogP contribution in [0.1, 0.15) is 47.5 Å². The molecule has 4 rings (SSSR count). The molecular weight excluding hydrogens is 306 g/mol. The number of hydrogen-bond donors (Lipinski definition) is 1. The van der Waals surface area contributed by atoms with Crippen LogP contribution in [0, 0.1) is 0 Å². The number of nitrogens with one attached hydrogen (secondary N) is 1. The number of aryl methyl sites for hydroxylation is 1. The van der Waals surface area contributed by atoms with E-state index in [0.29, 0.717) is 11.7 Å². The van der Waals surface area contributed by atoms with Gasteiger partial charge >= 0.3 is 0 Å². The van der Waals surface area contributed by atoms with E-state index in [4.69, 9.17) is 4.52 Å². The number of likely N-dealkylation sites (tertiary alicyclic amines) is 1. The van der Waals surface area contributed by atoms with Gasteiger partial charge in [-0.15, -0.1) is 0 Å². The van der Waals surface area contributed by atoms with Gasteiger partial charge in [0.25, 0.3) is 5.91 Å². The molecule has 7 heteroatoms. The Morgan fingerprint density at radius 1 is 1.25 bits per heavy atom. The Balaban J connectivity index is 1.37. The molecule has 7 nitrogen and oxygen atoms in total. The summed E-state index contributed by atoms with van der Waals surface area (Å²) in [5.74, 6) is 1.76. The maximum absolute atomic E-state index is 12.8. The molecule has 0 unspecified atom stereocenters. The van der Waals surface area contributed by atoms with Crippen LogP contribution >= 0.6 is 0 Å². The Labute approximate surface area is 140 Å². The largest absolute Gasteiger partial charge is 0.367 e. The van der Waals surface area contributed by atoms with Crippen LogP contribution in [0.15, 0.2) is 23.1 Å². The molecule has 0 radical (unpaired) electrons. The van der Waals surface area contributed by atoms with E-state index in [1.54, 1.807) is 6.20 Å². The molecule has 126 valence electrons. The van der Waals surface area contributed by atoms with Gasteiger partial charge in [0.1, 0.15) is 17.9 Å².